The summed E-state index contributed by atoms with van der Waals surface area (Å²) in [5, 5.41) is 2.79. The molecule has 0 spiro atoms. The number of amides is 1. The van der Waals surface area contributed by atoms with Crippen LogP contribution in [-0.2, 0) is 0 Å². The molecule has 3 nitrogen and oxygen atoms in total. The number of hydrogen-bond acceptors (Lipinski definition) is 2. The van der Waals surface area contributed by atoms with E-state index in [0.29, 0.717) is 5.75 Å². The second-order valence-electron chi connectivity index (χ2n) is 4.12. The van der Waals surface area contributed by atoms with Gasteiger partial charge in [0.15, 0.2) is 0 Å². The van der Waals surface area contributed by atoms with E-state index in [1.807, 2.05) is 49.4 Å². The second-order valence-corrected chi connectivity index (χ2v) is 5.04. The maximum Gasteiger partial charge on any atom is 0.413 e. The Balaban J connectivity index is 1.93. The van der Waals surface area contributed by atoms with Gasteiger partial charge in [-0.15, -0.1) is 0 Å². The van der Waals surface area contributed by atoms with Gasteiger partial charge < -0.3 is 10.1 Å². The molecule has 2 aromatic rings. The summed E-state index contributed by atoms with van der Waals surface area (Å²) < 4.78 is 6.18. The number of halogens is 1. The van der Waals surface area contributed by atoms with Crippen molar-refractivity contribution in [3.63, 3.8) is 0 Å². The highest BCUT2D eigenvalue weighted by molar-refractivity contribution is 9.10. The Labute approximate surface area is 120 Å². The first-order valence-corrected chi connectivity index (χ1v) is 6.73. The van der Waals surface area contributed by atoms with Gasteiger partial charge in [0.25, 0.3) is 0 Å². The fourth-order valence-corrected chi connectivity index (χ4v) is 1.90. The standard InChI is InChI=1S/C15H14BrNO2/c1-11(12-7-9-13(16)10-8-12)17-15(18)19-14-5-3-2-4-6-14/h2-11H,1H3,(H,17,18)/t11-/m1/s1. The van der Waals surface area contributed by atoms with Crippen LogP contribution in [-0.4, -0.2) is 6.09 Å². The van der Waals surface area contributed by atoms with E-state index in [4.69, 9.17) is 4.74 Å². The van der Waals surface area contributed by atoms with Crippen molar-refractivity contribution in [3.05, 3.63) is 64.6 Å². The van der Waals surface area contributed by atoms with Crippen LogP contribution in [0, 0.1) is 0 Å². The molecule has 0 saturated heterocycles. The molecule has 2 rings (SSSR count). The Hall–Kier alpha value is -1.81. The molecule has 0 aromatic heterocycles. The zero-order chi connectivity index (χ0) is 13.7. The average molecular weight is 320 g/mol. The first-order valence-electron chi connectivity index (χ1n) is 5.94. The predicted molar refractivity (Wildman–Crippen MR) is 78.2 cm³/mol. The Bertz CT molecular complexity index is 540. The van der Waals surface area contributed by atoms with Gasteiger partial charge in [-0.3, -0.25) is 0 Å². The number of rotatable bonds is 3. The van der Waals surface area contributed by atoms with E-state index in [1.54, 1.807) is 12.1 Å². The third kappa shape index (κ3) is 4.10. The molecular weight excluding hydrogens is 306 g/mol. The van der Waals surface area contributed by atoms with Crippen molar-refractivity contribution in [1.29, 1.82) is 0 Å². The van der Waals surface area contributed by atoms with Gasteiger partial charge in [-0.2, -0.15) is 0 Å². The Morgan fingerprint density at radius 2 is 1.74 bits per heavy atom. The average Bonchev–Trinajstić information content (AvgIpc) is 2.40. The summed E-state index contributed by atoms with van der Waals surface area (Å²) in [6.07, 6.45) is -0.457. The van der Waals surface area contributed by atoms with Gasteiger partial charge in [-0.25, -0.2) is 4.79 Å². The maximum absolute atomic E-state index is 11.7. The summed E-state index contributed by atoms with van der Waals surface area (Å²) in [4.78, 5) is 11.7. The van der Waals surface area contributed by atoms with Gasteiger partial charge in [-0.05, 0) is 36.8 Å². The molecule has 0 radical (unpaired) electrons. The SMILES string of the molecule is C[C@@H](NC(=O)Oc1ccccc1)c1ccc(Br)cc1. The number of ether oxygens (including phenoxy) is 1. The molecule has 4 heteroatoms. The third-order valence-corrected chi connectivity index (χ3v) is 3.19. The summed E-state index contributed by atoms with van der Waals surface area (Å²) >= 11 is 3.38. The molecule has 1 atom stereocenters. The topological polar surface area (TPSA) is 38.3 Å². The minimum absolute atomic E-state index is 0.107. The number of carbonyl (C=O) groups is 1. The minimum Gasteiger partial charge on any atom is -0.410 e. The van der Waals surface area contributed by atoms with Crippen molar-refractivity contribution < 1.29 is 9.53 Å². The number of carbonyl (C=O) groups excluding carboxylic acids is 1. The van der Waals surface area contributed by atoms with Crippen LogP contribution in [0.1, 0.15) is 18.5 Å². The quantitative estimate of drug-likeness (QED) is 0.916. The van der Waals surface area contributed by atoms with Gasteiger partial charge in [0.2, 0.25) is 0 Å². The molecule has 0 aliphatic heterocycles. The van der Waals surface area contributed by atoms with Crippen LogP contribution >= 0.6 is 15.9 Å². The molecule has 2 aromatic carbocycles. The number of benzene rings is 2. The first-order chi connectivity index (χ1) is 9.15. The van der Waals surface area contributed by atoms with Crippen molar-refractivity contribution in [3.8, 4) is 5.75 Å². The highest BCUT2D eigenvalue weighted by atomic mass is 79.9. The zero-order valence-corrected chi connectivity index (χ0v) is 12.1. The Morgan fingerprint density at radius 3 is 2.37 bits per heavy atom. The fraction of sp³-hybridized carbons (Fsp3) is 0.133. The highest BCUT2D eigenvalue weighted by Gasteiger charge is 2.10. The minimum atomic E-state index is -0.457. The van der Waals surface area contributed by atoms with Crippen molar-refractivity contribution in [2.75, 3.05) is 0 Å². The zero-order valence-electron chi connectivity index (χ0n) is 10.5. The van der Waals surface area contributed by atoms with E-state index in [2.05, 4.69) is 21.2 Å². The predicted octanol–water partition coefficient (Wildman–Crippen LogP) is 4.30. The number of para-hydroxylation sites is 1. The van der Waals surface area contributed by atoms with E-state index in [-0.39, 0.29) is 6.04 Å². The molecule has 19 heavy (non-hydrogen) atoms. The largest absolute Gasteiger partial charge is 0.413 e. The van der Waals surface area contributed by atoms with Crippen LogP contribution in [0.15, 0.2) is 59.1 Å². The van der Waals surface area contributed by atoms with Crippen molar-refractivity contribution >= 4 is 22.0 Å². The number of nitrogens with one attached hydrogen (secondary N) is 1. The van der Waals surface area contributed by atoms with Gasteiger partial charge in [0.05, 0.1) is 6.04 Å². The third-order valence-electron chi connectivity index (χ3n) is 2.66. The summed E-state index contributed by atoms with van der Waals surface area (Å²) in [5.74, 6) is 0.531. The lowest BCUT2D eigenvalue weighted by atomic mass is 10.1. The van der Waals surface area contributed by atoms with Crippen LogP contribution in [0.5, 0.6) is 5.75 Å². The first kappa shape index (κ1) is 13.6. The van der Waals surface area contributed by atoms with Gasteiger partial charge in [0, 0.05) is 4.47 Å². The molecule has 1 amide bonds. The van der Waals surface area contributed by atoms with E-state index >= 15 is 0 Å². The highest BCUT2D eigenvalue weighted by Crippen LogP contribution is 2.17. The van der Waals surface area contributed by atoms with Gasteiger partial charge >= 0.3 is 6.09 Å². The van der Waals surface area contributed by atoms with E-state index in [9.17, 15) is 4.79 Å². The van der Waals surface area contributed by atoms with Crippen LogP contribution in [0.3, 0.4) is 0 Å². The monoisotopic (exact) mass is 319 g/mol. The van der Waals surface area contributed by atoms with Crippen molar-refractivity contribution in [2.45, 2.75) is 13.0 Å². The lowest BCUT2D eigenvalue weighted by molar-refractivity contribution is 0.197. The van der Waals surface area contributed by atoms with Crippen molar-refractivity contribution in [1.82, 2.24) is 5.32 Å². The van der Waals surface area contributed by atoms with Crippen LogP contribution in [0.4, 0.5) is 4.79 Å². The lowest BCUT2D eigenvalue weighted by Crippen LogP contribution is -2.29. The van der Waals surface area contributed by atoms with E-state index < -0.39 is 6.09 Å². The maximum atomic E-state index is 11.7. The number of hydrogen-bond donors (Lipinski definition) is 1. The fourth-order valence-electron chi connectivity index (χ4n) is 1.64. The van der Waals surface area contributed by atoms with Crippen molar-refractivity contribution in [2.24, 2.45) is 0 Å². The van der Waals surface area contributed by atoms with E-state index in [1.165, 1.54) is 0 Å². The van der Waals surface area contributed by atoms with Crippen LogP contribution in [0.25, 0.3) is 0 Å². The van der Waals surface area contributed by atoms with Crippen LogP contribution in [0.2, 0.25) is 0 Å². The van der Waals surface area contributed by atoms with Gasteiger partial charge in [0.1, 0.15) is 5.75 Å². The van der Waals surface area contributed by atoms with E-state index in [0.717, 1.165) is 10.0 Å². The molecule has 0 heterocycles. The second kappa shape index (κ2) is 6.38. The molecule has 0 aliphatic rings. The molecular formula is C15H14BrNO2. The summed E-state index contributed by atoms with van der Waals surface area (Å²) in [5.41, 5.74) is 1.02. The normalized spacial score (nSPS) is 11.7. The summed E-state index contributed by atoms with van der Waals surface area (Å²) in [6.45, 7) is 1.91. The molecule has 1 N–H and O–H groups in total. The molecule has 98 valence electrons. The molecule has 0 saturated carbocycles. The van der Waals surface area contributed by atoms with Crippen LogP contribution < -0.4 is 10.1 Å². The summed E-state index contributed by atoms with van der Waals surface area (Å²) in [7, 11) is 0. The lowest BCUT2D eigenvalue weighted by Gasteiger charge is -2.14. The Morgan fingerprint density at radius 1 is 1.11 bits per heavy atom. The smallest absolute Gasteiger partial charge is 0.410 e. The Kier molecular flexibility index (Phi) is 4.58. The van der Waals surface area contributed by atoms with Gasteiger partial charge in [-0.1, -0.05) is 46.3 Å². The molecule has 0 aliphatic carbocycles. The molecule has 0 fully saturated rings. The molecule has 0 bridgehead atoms. The summed E-state index contributed by atoms with van der Waals surface area (Å²) in [6, 6.07) is 16.7. The molecule has 0 unspecified atom stereocenters.